The molecule has 4 rings (SSSR count). The van der Waals surface area contributed by atoms with Gasteiger partial charge in [0, 0.05) is 40.0 Å². The van der Waals surface area contributed by atoms with Gasteiger partial charge in [-0.05, 0) is 62.1 Å². The number of imidazole rings is 1. The van der Waals surface area contributed by atoms with Crippen molar-refractivity contribution in [3.8, 4) is 0 Å². The highest BCUT2D eigenvalue weighted by Crippen LogP contribution is 2.49. The predicted molar refractivity (Wildman–Crippen MR) is 116 cm³/mol. The van der Waals surface area contributed by atoms with Crippen molar-refractivity contribution < 1.29 is 13.2 Å². The summed E-state index contributed by atoms with van der Waals surface area (Å²) >= 11 is 0. The monoisotopic (exact) mass is 432 g/mol. The van der Waals surface area contributed by atoms with E-state index in [9.17, 15) is 13.2 Å². The highest BCUT2D eigenvalue weighted by Gasteiger charge is 2.42. The fraction of sp³-hybridized carbons (Fsp3) is 0.636. The van der Waals surface area contributed by atoms with Crippen LogP contribution in [0.2, 0.25) is 0 Å². The maximum Gasteiger partial charge on any atom is 0.242 e. The molecular formula is C22H32N4O3S. The summed E-state index contributed by atoms with van der Waals surface area (Å²) in [5, 5.41) is 3.21. The molecule has 2 aliphatic carbocycles. The first-order chi connectivity index (χ1) is 14.2. The smallest absolute Gasteiger partial charge is 0.242 e. The second kappa shape index (κ2) is 7.96. The Balaban J connectivity index is 1.41. The third-order valence-corrected chi connectivity index (χ3v) is 8.93. The molecule has 1 aromatic heterocycles. The van der Waals surface area contributed by atoms with Gasteiger partial charge in [-0.1, -0.05) is 6.42 Å². The third kappa shape index (κ3) is 3.87. The van der Waals surface area contributed by atoms with Gasteiger partial charge in [0.1, 0.15) is 5.82 Å². The van der Waals surface area contributed by atoms with Crippen molar-refractivity contribution in [3.05, 3.63) is 24.0 Å². The first-order valence-electron chi connectivity index (χ1n) is 10.8. The van der Waals surface area contributed by atoms with Gasteiger partial charge in [-0.3, -0.25) is 4.79 Å². The fourth-order valence-electron chi connectivity index (χ4n) is 5.39. The minimum Gasteiger partial charge on any atom is -0.353 e. The van der Waals surface area contributed by atoms with E-state index in [4.69, 9.17) is 0 Å². The van der Waals surface area contributed by atoms with Crippen molar-refractivity contribution in [2.24, 2.45) is 24.8 Å². The van der Waals surface area contributed by atoms with E-state index >= 15 is 0 Å². The number of aryl methyl sites for hydroxylation is 2. The molecule has 0 radical (unpaired) electrons. The summed E-state index contributed by atoms with van der Waals surface area (Å²) in [6.45, 7) is 2.14. The van der Waals surface area contributed by atoms with E-state index in [0.29, 0.717) is 24.3 Å². The Labute approximate surface area is 178 Å². The van der Waals surface area contributed by atoms with Crippen LogP contribution in [0.15, 0.2) is 23.1 Å². The number of rotatable bonds is 7. The standard InChI is InChI=1S/C22H32N4O3S/c1-14(18-12-15-5-6-16(18)11-15)23-22(27)10-9-21-24-19-13-17(30(28,29)25(2)3)7-8-20(19)26(21)4/h7-8,13-16,18H,5-6,9-12H2,1-4H3,(H,23,27). The normalized spacial score (nSPS) is 24.6. The Morgan fingerprint density at radius 3 is 2.70 bits per heavy atom. The van der Waals surface area contributed by atoms with Crippen LogP contribution in [-0.4, -0.2) is 48.3 Å². The van der Waals surface area contributed by atoms with Crippen LogP contribution in [0, 0.1) is 17.8 Å². The minimum atomic E-state index is -3.50. The van der Waals surface area contributed by atoms with Gasteiger partial charge < -0.3 is 9.88 Å². The molecule has 164 valence electrons. The molecule has 4 unspecified atom stereocenters. The van der Waals surface area contributed by atoms with Gasteiger partial charge in [-0.25, -0.2) is 17.7 Å². The molecule has 1 aromatic carbocycles. The summed E-state index contributed by atoms with van der Waals surface area (Å²) in [7, 11) is 1.43. The summed E-state index contributed by atoms with van der Waals surface area (Å²) in [5.41, 5.74) is 1.49. The van der Waals surface area contributed by atoms with E-state index in [-0.39, 0.29) is 16.8 Å². The largest absolute Gasteiger partial charge is 0.353 e. The van der Waals surface area contributed by atoms with E-state index in [1.165, 1.54) is 44.1 Å². The van der Waals surface area contributed by atoms with Crippen LogP contribution >= 0.6 is 0 Å². The summed E-state index contributed by atoms with van der Waals surface area (Å²) in [6, 6.07) is 5.21. The zero-order valence-electron chi connectivity index (χ0n) is 18.3. The first kappa shape index (κ1) is 21.3. The maximum atomic E-state index is 12.5. The van der Waals surface area contributed by atoms with Crippen LogP contribution in [0.3, 0.4) is 0 Å². The molecule has 8 heteroatoms. The number of carbonyl (C=O) groups excluding carboxylic acids is 1. The van der Waals surface area contributed by atoms with E-state index < -0.39 is 10.0 Å². The Hall–Kier alpha value is -1.93. The first-order valence-corrected chi connectivity index (χ1v) is 12.3. The van der Waals surface area contributed by atoms with Crippen LogP contribution in [0.1, 0.15) is 44.9 Å². The average Bonchev–Trinajstić information content (AvgIpc) is 3.41. The number of sulfonamides is 1. The highest BCUT2D eigenvalue weighted by molar-refractivity contribution is 7.89. The van der Waals surface area contributed by atoms with Crippen molar-refractivity contribution >= 4 is 27.0 Å². The number of fused-ring (bicyclic) bond motifs is 3. The highest BCUT2D eigenvalue weighted by atomic mass is 32.2. The third-order valence-electron chi connectivity index (χ3n) is 7.12. The number of amides is 1. The summed E-state index contributed by atoms with van der Waals surface area (Å²) in [6.07, 6.45) is 6.19. The van der Waals surface area contributed by atoms with Gasteiger partial charge in [0.05, 0.1) is 15.9 Å². The molecule has 2 aliphatic rings. The number of benzene rings is 1. The number of hydrogen-bond donors (Lipinski definition) is 1. The van der Waals surface area contributed by atoms with Crippen molar-refractivity contribution in [1.82, 2.24) is 19.2 Å². The van der Waals surface area contributed by atoms with Crippen LogP contribution in [0.4, 0.5) is 0 Å². The zero-order valence-corrected chi connectivity index (χ0v) is 19.1. The summed E-state index contributed by atoms with van der Waals surface area (Å²) in [5.74, 6) is 3.14. The Kier molecular flexibility index (Phi) is 5.66. The quantitative estimate of drug-likeness (QED) is 0.729. The molecule has 7 nitrogen and oxygen atoms in total. The van der Waals surface area contributed by atoms with Gasteiger partial charge in [0.15, 0.2) is 0 Å². The lowest BCUT2D eigenvalue weighted by atomic mass is 9.84. The van der Waals surface area contributed by atoms with E-state index in [1.54, 1.807) is 18.2 Å². The Morgan fingerprint density at radius 2 is 2.07 bits per heavy atom. The number of nitrogens with zero attached hydrogens (tertiary/aromatic N) is 3. The van der Waals surface area contributed by atoms with Crippen molar-refractivity contribution in [3.63, 3.8) is 0 Å². The molecule has 2 fully saturated rings. The lowest BCUT2D eigenvalue weighted by molar-refractivity contribution is -0.122. The van der Waals surface area contributed by atoms with Gasteiger partial charge in [-0.15, -0.1) is 0 Å². The van der Waals surface area contributed by atoms with Gasteiger partial charge in [-0.2, -0.15) is 0 Å². The Morgan fingerprint density at radius 1 is 1.30 bits per heavy atom. The van der Waals surface area contributed by atoms with E-state index in [1.807, 2.05) is 11.6 Å². The molecule has 1 heterocycles. The topological polar surface area (TPSA) is 84.3 Å². The maximum absolute atomic E-state index is 12.5. The predicted octanol–water partition coefficient (Wildman–Crippen LogP) is 2.70. The van der Waals surface area contributed by atoms with E-state index in [2.05, 4.69) is 17.2 Å². The molecule has 4 atom stereocenters. The number of hydrogen-bond acceptors (Lipinski definition) is 4. The van der Waals surface area contributed by atoms with E-state index in [0.717, 1.165) is 23.2 Å². The van der Waals surface area contributed by atoms with Crippen molar-refractivity contribution in [2.45, 2.75) is 56.4 Å². The fourth-order valence-corrected chi connectivity index (χ4v) is 6.31. The van der Waals surface area contributed by atoms with Crippen molar-refractivity contribution in [1.29, 1.82) is 0 Å². The molecule has 1 amide bonds. The van der Waals surface area contributed by atoms with Crippen LogP contribution in [0.5, 0.6) is 0 Å². The molecule has 30 heavy (non-hydrogen) atoms. The minimum absolute atomic E-state index is 0.0632. The average molecular weight is 433 g/mol. The molecule has 2 saturated carbocycles. The van der Waals surface area contributed by atoms with Gasteiger partial charge >= 0.3 is 0 Å². The number of nitrogens with one attached hydrogen (secondary N) is 1. The molecule has 0 saturated heterocycles. The lowest BCUT2D eigenvalue weighted by Gasteiger charge is -2.28. The molecule has 0 spiro atoms. The molecular weight excluding hydrogens is 400 g/mol. The molecule has 0 aliphatic heterocycles. The number of aromatic nitrogens is 2. The Bertz CT molecular complexity index is 1060. The van der Waals surface area contributed by atoms with Crippen LogP contribution < -0.4 is 5.32 Å². The lowest BCUT2D eigenvalue weighted by Crippen LogP contribution is -2.40. The second-order valence-electron chi connectivity index (χ2n) is 9.22. The molecule has 2 bridgehead atoms. The molecule has 1 N–H and O–H groups in total. The number of carbonyl (C=O) groups is 1. The SMILES string of the molecule is CC(NC(=O)CCc1nc2cc(S(=O)(=O)N(C)C)ccc2n1C)C1CC2CCC1C2. The summed E-state index contributed by atoms with van der Waals surface area (Å²) < 4.78 is 27.9. The van der Waals surface area contributed by atoms with Gasteiger partial charge in [0.2, 0.25) is 15.9 Å². The van der Waals surface area contributed by atoms with Gasteiger partial charge in [0.25, 0.3) is 0 Å². The second-order valence-corrected chi connectivity index (χ2v) is 11.4. The van der Waals surface area contributed by atoms with Crippen molar-refractivity contribution in [2.75, 3.05) is 14.1 Å². The molecule has 2 aromatic rings. The van der Waals surface area contributed by atoms with Crippen LogP contribution in [0.25, 0.3) is 11.0 Å². The zero-order chi connectivity index (χ0) is 21.6. The van der Waals surface area contributed by atoms with Crippen LogP contribution in [-0.2, 0) is 28.3 Å². The summed E-state index contributed by atoms with van der Waals surface area (Å²) in [4.78, 5) is 17.4.